The summed E-state index contributed by atoms with van der Waals surface area (Å²) in [6.07, 6.45) is -0.494. The van der Waals surface area contributed by atoms with Crippen molar-refractivity contribution >= 4 is 23.5 Å². The van der Waals surface area contributed by atoms with Crippen molar-refractivity contribution in [2.75, 3.05) is 6.54 Å². The number of fused-ring (bicyclic) bond motifs is 1. The molecule has 4 nitrogen and oxygen atoms in total. The third-order valence-corrected chi connectivity index (χ3v) is 3.11. The van der Waals surface area contributed by atoms with Crippen LogP contribution in [0, 0.1) is 0 Å². The summed E-state index contributed by atoms with van der Waals surface area (Å²) in [6.45, 7) is 5.70. The fourth-order valence-electron chi connectivity index (χ4n) is 1.94. The van der Waals surface area contributed by atoms with E-state index in [4.69, 9.17) is 16.3 Å². The van der Waals surface area contributed by atoms with Crippen LogP contribution in [-0.4, -0.2) is 28.9 Å². The molecular weight excluding hydrogens is 266 g/mol. The first-order valence-electron chi connectivity index (χ1n) is 6.06. The van der Waals surface area contributed by atoms with E-state index in [0.29, 0.717) is 22.7 Å². The SMILES string of the molecule is CC(C)(C)OC(=O)N1CC(=O)c2cccc(Cl)c2C1. The Balaban J connectivity index is 2.24. The Morgan fingerprint density at radius 3 is 2.63 bits per heavy atom. The first-order valence-corrected chi connectivity index (χ1v) is 6.44. The minimum atomic E-state index is -0.582. The van der Waals surface area contributed by atoms with E-state index < -0.39 is 11.7 Å². The second-order valence-corrected chi connectivity index (χ2v) is 5.93. The Labute approximate surface area is 117 Å². The number of carbonyl (C=O) groups excluding carboxylic acids is 2. The molecule has 0 saturated heterocycles. The van der Waals surface area contributed by atoms with Gasteiger partial charge in [0.05, 0.1) is 13.1 Å². The molecule has 0 aromatic heterocycles. The van der Waals surface area contributed by atoms with Gasteiger partial charge in [-0.25, -0.2) is 4.79 Å². The van der Waals surface area contributed by atoms with Crippen LogP contribution in [0.1, 0.15) is 36.7 Å². The number of benzene rings is 1. The first kappa shape index (κ1) is 13.9. The second kappa shape index (κ2) is 4.85. The van der Waals surface area contributed by atoms with E-state index >= 15 is 0 Å². The fraction of sp³-hybridized carbons (Fsp3) is 0.429. The van der Waals surface area contributed by atoms with Gasteiger partial charge in [-0.3, -0.25) is 9.69 Å². The molecular formula is C14H16ClNO3. The number of hydrogen-bond donors (Lipinski definition) is 0. The van der Waals surface area contributed by atoms with E-state index in [1.54, 1.807) is 39.0 Å². The van der Waals surface area contributed by atoms with E-state index in [0.717, 1.165) is 0 Å². The van der Waals surface area contributed by atoms with Gasteiger partial charge < -0.3 is 4.74 Å². The van der Waals surface area contributed by atoms with Gasteiger partial charge in [0.1, 0.15) is 5.60 Å². The molecule has 0 unspecified atom stereocenters. The second-order valence-electron chi connectivity index (χ2n) is 5.53. The molecule has 1 heterocycles. The van der Waals surface area contributed by atoms with Gasteiger partial charge in [-0.1, -0.05) is 23.7 Å². The van der Waals surface area contributed by atoms with Gasteiger partial charge in [0, 0.05) is 16.1 Å². The third-order valence-electron chi connectivity index (χ3n) is 2.75. The number of halogens is 1. The summed E-state index contributed by atoms with van der Waals surface area (Å²) in [5, 5.41) is 0.499. The topological polar surface area (TPSA) is 46.6 Å². The number of amides is 1. The lowest BCUT2D eigenvalue weighted by molar-refractivity contribution is 0.0220. The smallest absolute Gasteiger partial charge is 0.411 e. The molecule has 1 aromatic rings. The molecule has 0 fully saturated rings. The number of hydrogen-bond acceptors (Lipinski definition) is 3. The minimum absolute atomic E-state index is 0.0300. The molecule has 1 aliphatic rings. The van der Waals surface area contributed by atoms with E-state index in [1.807, 2.05) is 0 Å². The standard InChI is InChI=1S/C14H16ClNO3/c1-14(2,3)19-13(18)16-7-10-9(12(17)8-16)5-4-6-11(10)15/h4-6H,7-8H2,1-3H3. The lowest BCUT2D eigenvalue weighted by atomic mass is 9.99. The average Bonchev–Trinajstić information content (AvgIpc) is 2.28. The van der Waals surface area contributed by atoms with Crippen molar-refractivity contribution in [3.8, 4) is 0 Å². The van der Waals surface area contributed by atoms with Crippen LogP contribution in [0.15, 0.2) is 18.2 Å². The van der Waals surface area contributed by atoms with E-state index in [2.05, 4.69) is 0 Å². The van der Waals surface area contributed by atoms with Gasteiger partial charge in [0.15, 0.2) is 5.78 Å². The predicted molar refractivity (Wildman–Crippen MR) is 72.4 cm³/mol. The lowest BCUT2D eigenvalue weighted by Gasteiger charge is -2.30. The van der Waals surface area contributed by atoms with Crippen LogP contribution in [-0.2, 0) is 11.3 Å². The summed E-state index contributed by atoms with van der Waals surface area (Å²) in [5.41, 5.74) is 0.694. The van der Waals surface area contributed by atoms with Gasteiger partial charge >= 0.3 is 6.09 Å². The molecule has 0 saturated carbocycles. The summed E-state index contributed by atoms with van der Waals surface area (Å²) in [7, 11) is 0. The molecule has 102 valence electrons. The van der Waals surface area contributed by atoms with Crippen LogP contribution in [0.25, 0.3) is 0 Å². The van der Waals surface area contributed by atoms with E-state index in [9.17, 15) is 9.59 Å². The van der Waals surface area contributed by atoms with Crippen molar-refractivity contribution in [3.63, 3.8) is 0 Å². The zero-order valence-electron chi connectivity index (χ0n) is 11.2. The number of carbonyl (C=O) groups is 2. The van der Waals surface area contributed by atoms with Gasteiger partial charge in [-0.05, 0) is 26.8 Å². The van der Waals surface area contributed by atoms with Crippen LogP contribution >= 0.6 is 11.6 Å². The fourth-order valence-corrected chi connectivity index (χ4v) is 2.18. The Bertz CT molecular complexity index is 534. The quantitative estimate of drug-likeness (QED) is 0.733. The average molecular weight is 282 g/mol. The normalized spacial score (nSPS) is 15.2. The van der Waals surface area contributed by atoms with Gasteiger partial charge in [-0.2, -0.15) is 0 Å². The molecule has 2 rings (SSSR count). The summed E-state index contributed by atoms with van der Waals surface area (Å²) in [4.78, 5) is 25.4. The monoisotopic (exact) mass is 281 g/mol. The number of ether oxygens (including phenoxy) is 1. The zero-order chi connectivity index (χ0) is 14.2. The maximum Gasteiger partial charge on any atom is 0.411 e. The Kier molecular flexibility index (Phi) is 3.54. The minimum Gasteiger partial charge on any atom is -0.444 e. The highest BCUT2D eigenvalue weighted by atomic mass is 35.5. The summed E-state index contributed by atoms with van der Waals surface area (Å²) >= 11 is 6.08. The van der Waals surface area contributed by atoms with Crippen molar-refractivity contribution in [2.45, 2.75) is 32.9 Å². The van der Waals surface area contributed by atoms with Gasteiger partial charge in [-0.15, -0.1) is 0 Å². The lowest BCUT2D eigenvalue weighted by Crippen LogP contribution is -2.42. The largest absolute Gasteiger partial charge is 0.444 e. The van der Waals surface area contributed by atoms with Crippen LogP contribution in [0.4, 0.5) is 4.79 Å². The molecule has 1 amide bonds. The van der Waals surface area contributed by atoms with Crippen LogP contribution in [0.5, 0.6) is 0 Å². The zero-order valence-corrected chi connectivity index (χ0v) is 12.0. The van der Waals surface area contributed by atoms with Gasteiger partial charge in [0.25, 0.3) is 0 Å². The molecule has 1 aliphatic heterocycles. The third kappa shape index (κ3) is 3.07. The Morgan fingerprint density at radius 1 is 1.32 bits per heavy atom. The summed E-state index contributed by atoms with van der Waals surface area (Å²) < 4.78 is 5.27. The van der Waals surface area contributed by atoms with Crippen molar-refractivity contribution in [1.29, 1.82) is 0 Å². The molecule has 0 aliphatic carbocycles. The summed E-state index contributed by atoms with van der Waals surface area (Å²) in [5.74, 6) is -0.116. The predicted octanol–water partition coefficient (Wildman–Crippen LogP) is 3.27. The van der Waals surface area contributed by atoms with Crippen molar-refractivity contribution < 1.29 is 14.3 Å². The van der Waals surface area contributed by atoms with Crippen LogP contribution in [0.3, 0.4) is 0 Å². The maximum atomic E-state index is 12.0. The molecule has 0 N–H and O–H groups in total. The van der Waals surface area contributed by atoms with Crippen LogP contribution in [0.2, 0.25) is 5.02 Å². The highest BCUT2D eigenvalue weighted by Gasteiger charge is 2.30. The Morgan fingerprint density at radius 2 is 2.00 bits per heavy atom. The molecule has 5 heteroatoms. The maximum absolute atomic E-state index is 12.0. The molecule has 1 aromatic carbocycles. The number of rotatable bonds is 0. The number of ketones is 1. The van der Waals surface area contributed by atoms with Crippen molar-refractivity contribution in [3.05, 3.63) is 34.3 Å². The van der Waals surface area contributed by atoms with Gasteiger partial charge in [0.2, 0.25) is 0 Å². The van der Waals surface area contributed by atoms with E-state index in [-0.39, 0.29) is 12.3 Å². The molecule has 0 bridgehead atoms. The molecule has 0 radical (unpaired) electrons. The highest BCUT2D eigenvalue weighted by molar-refractivity contribution is 6.32. The first-order chi connectivity index (χ1) is 8.78. The Hall–Kier alpha value is -1.55. The van der Waals surface area contributed by atoms with E-state index in [1.165, 1.54) is 4.90 Å². The highest BCUT2D eigenvalue weighted by Crippen LogP contribution is 2.27. The van der Waals surface area contributed by atoms with Crippen LogP contribution < -0.4 is 0 Å². The van der Waals surface area contributed by atoms with Crippen molar-refractivity contribution in [1.82, 2.24) is 4.90 Å². The number of nitrogens with zero attached hydrogens (tertiary/aromatic N) is 1. The summed E-state index contributed by atoms with van der Waals surface area (Å²) in [6, 6.07) is 5.18. The molecule has 19 heavy (non-hydrogen) atoms. The molecule has 0 atom stereocenters. The van der Waals surface area contributed by atoms with Crippen molar-refractivity contribution in [2.24, 2.45) is 0 Å². The number of Topliss-reactive ketones (excluding diaryl/α,β-unsaturated/α-hetero) is 1. The molecule has 0 spiro atoms.